The van der Waals surface area contributed by atoms with E-state index in [1.54, 1.807) is 0 Å². The van der Waals surface area contributed by atoms with Gasteiger partial charge in [0.25, 0.3) is 5.60 Å². The highest BCUT2D eigenvalue weighted by Crippen LogP contribution is 2.40. The minimum absolute atomic E-state index is 0.0354. The zero-order valence-corrected chi connectivity index (χ0v) is 14.8. The van der Waals surface area contributed by atoms with Crippen LogP contribution in [0.5, 0.6) is 0 Å². The molecule has 26 heavy (non-hydrogen) atoms. The first-order chi connectivity index (χ1) is 11.9. The van der Waals surface area contributed by atoms with Gasteiger partial charge in [-0.05, 0) is 26.0 Å². The van der Waals surface area contributed by atoms with Gasteiger partial charge < -0.3 is 9.84 Å². The van der Waals surface area contributed by atoms with Gasteiger partial charge in [-0.25, -0.2) is 9.59 Å². The third-order valence-electron chi connectivity index (χ3n) is 3.18. The van der Waals surface area contributed by atoms with Crippen LogP contribution in [-0.2, 0) is 20.0 Å². The van der Waals surface area contributed by atoms with E-state index in [-0.39, 0.29) is 17.5 Å². The number of nitrogens with zero attached hydrogens (tertiary/aromatic N) is 2. The summed E-state index contributed by atoms with van der Waals surface area (Å²) in [4.78, 5) is 28.8. The second-order valence-corrected chi connectivity index (χ2v) is 5.53. The molecule has 1 N–H and O–H groups in total. The fourth-order valence-corrected chi connectivity index (χ4v) is 1.86. The highest BCUT2D eigenvalue weighted by Gasteiger charge is 2.62. The number of carbonyl (C=O) groups excluding carboxylic acids is 2. The molecule has 0 saturated carbocycles. The van der Waals surface area contributed by atoms with Gasteiger partial charge in [-0.3, -0.25) is 9.74 Å². The monoisotopic (exact) mass is 396 g/mol. The predicted molar refractivity (Wildman–Crippen MR) is 86.9 cm³/mol. The van der Waals surface area contributed by atoms with Crippen LogP contribution in [0.2, 0.25) is 0 Å². The molecule has 0 saturated heterocycles. The lowest BCUT2D eigenvalue weighted by Crippen LogP contribution is -2.50. The number of ether oxygens (including phenoxy) is 1. The molecule has 1 aromatic rings. The second-order valence-electron chi connectivity index (χ2n) is 4.98. The Balaban J connectivity index is 3.15. The van der Waals surface area contributed by atoms with Gasteiger partial charge in [-0.1, -0.05) is 28.9 Å². The number of hydrogen-bond acceptors (Lipinski definition) is 6. The Morgan fingerprint density at radius 3 is 2.23 bits per heavy atom. The van der Waals surface area contributed by atoms with E-state index in [0.29, 0.717) is 0 Å². The summed E-state index contributed by atoms with van der Waals surface area (Å²) >= 11 is 5.42. The van der Waals surface area contributed by atoms with Crippen molar-refractivity contribution in [3.63, 3.8) is 0 Å². The summed E-state index contributed by atoms with van der Waals surface area (Å²) in [6, 6.07) is 3.87. The number of amides is 1. The maximum absolute atomic E-state index is 13.3. The first-order valence-corrected chi connectivity index (χ1v) is 7.54. The summed E-state index contributed by atoms with van der Waals surface area (Å²) in [7, 11) is 1.28. The Bertz CT molecular complexity index is 690. The molecule has 0 spiro atoms. The first-order valence-electron chi connectivity index (χ1n) is 7.16. The van der Waals surface area contributed by atoms with E-state index in [0.717, 1.165) is 29.2 Å². The predicted octanol–water partition coefficient (Wildman–Crippen LogP) is 3.14. The van der Waals surface area contributed by atoms with Crippen molar-refractivity contribution in [2.75, 3.05) is 18.6 Å². The molecule has 1 aromatic carbocycles. The van der Waals surface area contributed by atoms with E-state index in [4.69, 9.17) is 11.6 Å². The van der Waals surface area contributed by atoms with E-state index in [9.17, 15) is 27.9 Å². The number of benzene rings is 1. The third kappa shape index (κ3) is 4.64. The molecule has 0 fully saturated rings. The number of halogens is 4. The summed E-state index contributed by atoms with van der Waals surface area (Å²) in [5, 5.41) is 13.2. The molecule has 0 aliphatic rings. The summed E-state index contributed by atoms with van der Waals surface area (Å²) in [5.41, 5.74) is -4.47. The molecule has 0 radical (unpaired) electrons. The largest absolute Gasteiger partial charge is 0.463 e. The lowest BCUT2D eigenvalue weighted by Gasteiger charge is -2.28. The van der Waals surface area contributed by atoms with E-state index >= 15 is 0 Å². The molecule has 0 heterocycles. The minimum atomic E-state index is -5.31. The lowest BCUT2D eigenvalue weighted by atomic mass is 9.93. The molecule has 7 nitrogen and oxygen atoms in total. The van der Waals surface area contributed by atoms with Crippen molar-refractivity contribution in [1.29, 1.82) is 0 Å². The van der Waals surface area contributed by atoms with Crippen molar-refractivity contribution < 1.29 is 37.4 Å². The SMILES string of the molecule is CCOC(=O)C(O)(c1ccc(N(C)C(=O)O/N=C(\C)Cl)cc1)C(F)(F)F. The number of esters is 1. The standard InChI is InChI=1S/C15H16ClF3N2O5/c1-4-25-12(22)14(24,15(17,18)19)10-5-7-11(8-6-10)21(3)13(23)26-20-9(2)16/h5-8,24H,4H2,1-3H3/b20-9+. The zero-order chi connectivity index (χ0) is 20.1. The Labute approximate surface area is 151 Å². The van der Waals surface area contributed by atoms with Crippen LogP contribution in [-0.4, -0.2) is 42.2 Å². The van der Waals surface area contributed by atoms with Crippen molar-refractivity contribution in [3.05, 3.63) is 29.8 Å². The summed E-state index contributed by atoms with van der Waals surface area (Å²) in [5.74, 6) is -1.85. The number of hydrogen-bond donors (Lipinski definition) is 1. The molecule has 1 amide bonds. The zero-order valence-electron chi connectivity index (χ0n) is 14.0. The van der Waals surface area contributed by atoms with Gasteiger partial charge in [-0.15, -0.1) is 0 Å². The summed E-state index contributed by atoms with van der Waals surface area (Å²) in [6.45, 7) is 2.34. The minimum Gasteiger partial charge on any atom is -0.463 e. The number of anilines is 1. The highest BCUT2D eigenvalue weighted by atomic mass is 35.5. The highest BCUT2D eigenvalue weighted by molar-refractivity contribution is 6.64. The summed E-state index contributed by atoms with van der Waals surface area (Å²) < 4.78 is 44.1. The molecule has 0 aromatic heterocycles. The first kappa shape index (κ1) is 21.7. The van der Waals surface area contributed by atoms with Gasteiger partial charge in [0.2, 0.25) is 0 Å². The molecular formula is C15H16ClF3N2O5. The molecule has 1 unspecified atom stereocenters. The van der Waals surface area contributed by atoms with Gasteiger partial charge in [0.1, 0.15) is 5.17 Å². The molecule has 1 rings (SSSR count). The van der Waals surface area contributed by atoms with Crippen molar-refractivity contribution in [2.45, 2.75) is 25.6 Å². The topological polar surface area (TPSA) is 88.4 Å². The van der Waals surface area contributed by atoms with Gasteiger partial charge in [-0.2, -0.15) is 13.2 Å². The van der Waals surface area contributed by atoms with Crippen LogP contribution >= 0.6 is 11.6 Å². The molecule has 0 aliphatic carbocycles. The van der Waals surface area contributed by atoms with Crippen LogP contribution in [0.15, 0.2) is 29.4 Å². The maximum Gasteiger partial charge on any atom is 0.440 e. The van der Waals surface area contributed by atoms with E-state index in [1.165, 1.54) is 20.9 Å². The van der Waals surface area contributed by atoms with Crippen molar-refractivity contribution in [3.8, 4) is 0 Å². The Hall–Kier alpha value is -2.33. The van der Waals surface area contributed by atoms with E-state index in [1.807, 2.05) is 0 Å². The van der Waals surface area contributed by atoms with Gasteiger partial charge in [0.05, 0.1) is 6.61 Å². The fraction of sp³-hybridized carbons (Fsp3) is 0.400. The van der Waals surface area contributed by atoms with Crippen LogP contribution in [0.1, 0.15) is 19.4 Å². The fourth-order valence-electron chi connectivity index (χ4n) is 1.83. The Kier molecular flexibility index (Phi) is 6.99. The Morgan fingerprint density at radius 2 is 1.81 bits per heavy atom. The normalized spacial score (nSPS) is 14.4. The van der Waals surface area contributed by atoms with Crippen molar-refractivity contribution >= 4 is 34.5 Å². The van der Waals surface area contributed by atoms with Crippen LogP contribution in [0.3, 0.4) is 0 Å². The van der Waals surface area contributed by atoms with E-state index in [2.05, 4.69) is 14.7 Å². The number of rotatable bonds is 5. The number of alkyl halides is 3. The Morgan fingerprint density at radius 1 is 1.27 bits per heavy atom. The van der Waals surface area contributed by atoms with Crippen LogP contribution in [0.4, 0.5) is 23.7 Å². The average molecular weight is 397 g/mol. The third-order valence-corrected chi connectivity index (χ3v) is 3.25. The smallest absolute Gasteiger partial charge is 0.440 e. The van der Waals surface area contributed by atoms with Gasteiger partial charge in [0, 0.05) is 18.3 Å². The number of oxime groups is 1. The number of carbonyl (C=O) groups is 2. The quantitative estimate of drug-likeness (QED) is 0.357. The maximum atomic E-state index is 13.3. The van der Waals surface area contributed by atoms with Crippen molar-refractivity contribution in [1.82, 2.24) is 0 Å². The molecular weight excluding hydrogens is 381 g/mol. The number of aliphatic hydroxyl groups is 1. The summed E-state index contributed by atoms with van der Waals surface area (Å²) in [6.07, 6.45) is -6.26. The molecule has 144 valence electrons. The van der Waals surface area contributed by atoms with Gasteiger partial charge in [0.15, 0.2) is 0 Å². The molecule has 11 heteroatoms. The van der Waals surface area contributed by atoms with Crippen LogP contribution in [0.25, 0.3) is 0 Å². The van der Waals surface area contributed by atoms with Crippen LogP contribution in [0, 0.1) is 0 Å². The molecule has 0 aliphatic heterocycles. The van der Waals surface area contributed by atoms with E-state index < -0.39 is 29.4 Å². The van der Waals surface area contributed by atoms with Gasteiger partial charge >= 0.3 is 18.2 Å². The molecule has 1 atom stereocenters. The van der Waals surface area contributed by atoms with Crippen LogP contribution < -0.4 is 4.90 Å². The second kappa shape index (κ2) is 8.37. The lowest BCUT2D eigenvalue weighted by molar-refractivity contribution is -0.267. The van der Waals surface area contributed by atoms with Crippen molar-refractivity contribution in [2.24, 2.45) is 5.16 Å². The molecule has 0 bridgehead atoms. The average Bonchev–Trinajstić information content (AvgIpc) is 2.57.